The van der Waals surface area contributed by atoms with Crippen LogP contribution in [0.15, 0.2) is 11.4 Å². The average molecular weight is 198 g/mol. The molecule has 2 rings (SSSR count). The van der Waals surface area contributed by atoms with Crippen molar-refractivity contribution in [2.45, 2.75) is 18.9 Å². The van der Waals surface area contributed by atoms with Crippen LogP contribution in [0.4, 0.5) is 0 Å². The van der Waals surface area contributed by atoms with E-state index in [-0.39, 0.29) is 0 Å². The zero-order valence-corrected chi connectivity index (χ0v) is 8.51. The number of nitrogens with one attached hydrogen (secondary N) is 1. The van der Waals surface area contributed by atoms with Gasteiger partial charge in [0.1, 0.15) is 0 Å². The molecule has 3 nitrogen and oxygen atoms in total. The Morgan fingerprint density at radius 3 is 3.31 bits per heavy atom. The van der Waals surface area contributed by atoms with Crippen molar-refractivity contribution in [1.29, 1.82) is 0 Å². The first-order valence-electron chi connectivity index (χ1n) is 4.63. The van der Waals surface area contributed by atoms with E-state index < -0.39 is 0 Å². The fourth-order valence-electron chi connectivity index (χ4n) is 1.72. The molecular weight excluding hydrogens is 184 g/mol. The monoisotopic (exact) mass is 198 g/mol. The summed E-state index contributed by atoms with van der Waals surface area (Å²) in [6.45, 7) is 4.74. The molecule has 0 saturated carbocycles. The van der Waals surface area contributed by atoms with Gasteiger partial charge in [0, 0.05) is 17.3 Å². The highest BCUT2D eigenvalue weighted by molar-refractivity contribution is 7.03. The van der Waals surface area contributed by atoms with Crippen molar-refractivity contribution in [3.8, 4) is 0 Å². The second-order valence-electron chi connectivity index (χ2n) is 3.23. The molecule has 0 aromatic carbocycles. The molecule has 1 aliphatic rings. The first kappa shape index (κ1) is 9.12. The van der Waals surface area contributed by atoms with Crippen LogP contribution in [0.2, 0.25) is 0 Å². The predicted molar refractivity (Wildman–Crippen MR) is 53.1 cm³/mol. The average Bonchev–Trinajstić information content (AvgIpc) is 2.71. The SMILES string of the molecule is CCNC1COCC1c1ccsn1. The fraction of sp³-hybridized carbons (Fsp3) is 0.667. The van der Waals surface area contributed by atoms with Gasteiger partial charge < -0.3 is 10.1 Å². The molecule has 1 aromatic rings. The van der Waals surface area contributed by atoms with Gasteiger partial charge in [0.25, 0.3) is 0 Å². The van der Waals surface area contributed by atoms with E-state index in [2.05, 4.69) is 22.7 Å². The van der Waals surface area contributed by atoms with Crippen LogP contribution in [0.3, 0.4) is 0 Å². The second kappa shape index (κ2) is 4.17. The van der Waals surface area contributed by atoms with Crippen molar-refractivity contribution in [2.24, 2.45) is 0 Å². The number of rotatable bonds is 3. The second-order valence-corrected chi connectivity index (χ2v) is 3.90. The van der Waals surface area contributed by atoms with Crippen LogP contribution in [-0.2, 0) is 4.74 Å². The summed E-state index contributed by atoms with van der Waals surface area (Å²) >= 11 is 1.51. The van der Waals surface area contributed by atoms with Gasteiger partial charge in [-0.05, 0) is 24.1 Å². The van der Waals surface area contributed by atoms with Gasteiger partial charge >= 0.3 is 0 Å². The molecule has 0 radical (unpaired) electrons. The van der Waals surface area contributed by atoms with Crippen molar-refractivity contribution >= 4 is 11.5 Å². The minimum Gasteiger partial charge on any atom is -0.379 e. The molecule has 1 aromatic heterocycles. The Kier molecular flexibility index (Phi) is 2.93. The summed E-state index contributed by atoms with van der Waals surface area (Å²) < 4.78 is 9.80. The highest BCUT2D eigenvalue weighted by Crippen LogP contribution is 2.24. The molecule has 2 heterocycles. The molecule has 0 spiro atoms. The number of likely N-dealkylation sites (N-methyl/N-ethyl adjacent to an activating group) is 1. The predicted octanol–water partition coefficient (Wildman–Crippen LogP) is 1.23. The van der Waals surface area contributed by atoms with E-state index in [1.165, 1.54) is 17.2 Å². The Morgan fingerprint density at radius 2 is 2.62 bits per heavy atom. The molecule has 0 aliphatic carbocycles. The molecule has 1 N–H and O–H groups in total. The van der Waals surface area contributed by atoms with Crippen LogP contribution in [0.25, 0.3) is 0 Å². The summed E-state index contributed by atoms with van der Waals surface area (Å²) in [5, 5.41) is 5.45. The normalized spacial score (nSPS) is 28.1. The molecule has 13 heavy (non-hydrogen) atoms. The van der Waals surface area contributed by atoms with Crippen molar-refractivity contribution < 1.29 is 4.74 Å². The Morgan fingerprint density at radius 1 is 1.69 bits per heavy atom. The topological polar surface area (TPSA) is 34.1 Å². The molecular formula is C9H14N2OS. The molecule has 2 unspecified atom stereocenters. The van der Waals surface area contributed by atoms with E-state index in [1.54, 1.807) is 0 Å². The minimum absolute atomic E-state index is 0.450. The van der Waals surface area contributed by atoms with Gasteiger partial charge in [-0.25, -0.2) is 0 Å². The number of hydrogen-bond acceptors (Lipinski definition) is 4. The van der Waals surface area contributed by atoms with E-state index >= 15 is 0 Å². The fourth-order valence-corrected chi connectivity index (χ4v) is 2.30. The quantitative estimate of drug-likeness (QED) is 0.793. The third-order valence-corrected chi connectivity index (χ3v) is 2.96. The summed E-state index contributed by atoms with van der Waals surface area (Å²) in [7, 11) is 0. The van der Waals surface area contributed by atoms with E-state index in [9.17, 15) is 0 Å². The van der Waals surface area contributed by atoms with Crippen LogP contribution >= 0.6 is 11.5 Å². The number of nitrogens with zero attached hydrogens (tertiary/aromatic N) is 1. The van der Waals surface area contributed by atoms with Gasteiger partial charge in [-0.15, -0.1) is 0 Å². The molecule has 0 amide bonds. The van der Waals surface area contributed by atoms with E-state index in [0.717, 1.165) is 19.8 Å². The third kappa shape index (κ3) is 1.90. The summed E-state index contributed by atoms with van der Waals surface area (Å²) in [5.74, 6) is 0.450. The van der Waals surface area contributed by atoms with Crippen molar-refractivity contribution in [3.05, 3.63) is 17.1 Å². The largest absolute Gasteiger partial charge is 0.379 e. The third-order valence-electron chi connectivity index (χ3n) is 2.38. The van der Waals surface area contributed by atoms with Crippen LogP contribution in [0.1, 0.15) is 18.5 Å². The van der Waals surface area contributed by atoms with Crippen LogP contribution < -0.4 is 5.32 Å². The number of ether oxygens (including phenoxy) is 1. The molecule has 1 aliphatic heterocycles. The Labute approximate surface area is 82.3 Å². The van der Waals surface area contributed by atoms with E-state index in [4.69, 9.17) is 4.74 Å². The van der Waals surface area contributed by atoms with Gasteiger partial charge in [0.05, 0.1) is 18.9 Å². The Hall–Kier alpha value is -0.450. The highest BCUT2D eigenvalue weighted by Gasteiger charge is 2.29. The zero-order chi connectivity index (χ0) is 9.10. The number of aromatic nitrogens is 1. The van der Waals surface area contributed by atoms with Crippen molar-refractivity contribution in [3.63, 3.8) is 0 Å². The standard InChI is InChI=1S/C9H14N2OS/c1-2-10-9-6-12-5-7(9)8-3-4-13-11-8/h3-4,7,9-10H,2,5-6H2,1H3. The van der Waals surface area contributed by atoms with Crippen LogP contribution in [0.5, 0.6) is 0 Å². The smallest absolute Gasteiger partial charge is 0.0627 e. The first-order chi connectivity index (χ1) is 6.42. The lowest BCUT2D eigenvalue weighted by atomic mass is 10.0. The molecule has 2 atom stereocenters. The highest BCUT2D eigenvalue weighted by atomic mass is 32.1. The van der Waals surface area contributed by atoms with Crippen molar-refractivity contribution in [2.75, 3.05) is 19.8 Å². The summed E-state index contributed by atoms with van der Waals surface area (Å²) in [6.07, 6.45) is 0. The van der Waals surface area contributed by atoms with Crippen molar-refractivity contribution in [1.82, 2.24) is 9.69 Å². The Bertz CT molecular complexity index is 250. The lowest BCUT2D eigenvalue weighted by Gasteiger charge is -2.15. The lowest BCUT2D eigenvalue weighted by Crippen LogP contribution is -2.34. The summed E-state index contributed by atoms with van der Waals surface area (Å²) in [6, 6.07) is 2.54. The van der Waals surface area contributed by atoms with Gasteiger partial charge in [-0.2, -0.15) is 4.37 Å². The lowest BCUT2D eigenvalue weighted by molar-refractivity contribution is 0.187. The van der Waals surface area contributed by atoms with Gasteiger partial charge in [0.15, 0.2) is 0 Å². The summed E-state index contributed by atoms with van der Waals surface area (Å²) in [5.41, 5.74) is 1.17. The molecule has 1 saturated heterocycles. The zero-order valence-electron chi connectivity index (χ0n) is 7.69. The maximum Gasteiger partial charge on any atom is 0.0627 e. The van der Waals surface area contributed by atoms with Gasteiger partial charge in [0.2, 0.25) is 0 Å². The van der Waals surface area contributed by atoms with Crippen LogP contribution in [-0.4, -0.2) is 30.2 Å². The van der Waals surface area contributed by atoms with Gasteiger partial charge in [-0.1, -0.05) is 6.92 Å². The number of hydrogen-bond donors (Lipinski definition) is 1. The first-order valence-corrected chi connectivity index (χ1v) is 5.47. The van der Waals surface area contributed by atoms with Gasteiger partial charge in [-0.3, -0.25) is 0 Å². The summed E-state index contributed by atoms with van der Waals surface area (Å²) in [4.78, 5) is 0. The van der Waals surface area contributed by atoms with E-state index in [0.29, 0.717) is 12.0 Å². The molecule has 72 valence electrons. The molecule has 4 heteroatoms. The Balaban J connectivity index is 2.05. The van der Waals surface area contributed by atoms with E-state index in [1.807, 2.05) is 5.38 Å². The minimum atomic E-state index is 0.450. The maximum absolute atomic E-state index is 5.45. The molecule has 0 bridgehead atoms. The molecule has 1 fully saturated rings. The maximum atomic E-state index is 5.45. The van der Waals surface area contributed by atoms with Crippen LogP contribution in [0, 0.1) is 0 Å².